The van der Waals surface area contributed by atoms with Crippen molar-refractivity contribution in [3.63, 3.8) is 0 Å². The summed E-state index contributed by atoms with van der Waals surface area (Å²) >= 11 is 0. The zero-order valence-corrected chi connectivity index (χ0v) is 47.0. The third kappa shape index (κ3) is 57.7. The Balaban J connectivity index is 4.35. The topological polar surface area (TPSA) is 78.9 Å². The van der Waals surface area contributed by atoms with Gasteiger partial charge in [-0.25, -0.2) is 0 Å². The maximum absolute atomic E-state index is 12.8. The summed E-state index contributed by atoms with van der Waals surface area (Å²) in [6, 6.07) is 0. The molecule has 0 aromatic heterocycles. The van der Waals surface area contributed by atoms with Crippen molar-refractivity contribution in [3.05, 3.63) is 170 Å². The van der Waals surface area contributed by atoms with Crippen LogP contribution >= 0.6 is 0 Å². The Morgan fingerprint density at radius 1 is 0.284 bits per heavy atom. The highest BCUT2D eigenvalue weighted by molar-refractivity contribution is 5.71. The summed E-state index contributed by atoms with van der Waals surface area (Å²) in [4.78, 5) is 38.0. The van der Waals surface area contributed by atoms with Crippen molar-refractivity contribution < 1.29 is 28.6 Å². The maximum atomic E-state index is 12.8. The van der Waals surface area contributed by atoms with Gasteiger partial charge in [-0.05, 0) is 148 Å². The van der Waals surface area contributed by atoms with Crippen LogP contribution in [0.1, 0.15) is 220 Å². The number of allylic oxidation sites excluding steroid dienone is 28. The van der Waals surface area contributed by atoms with E-state index in [4.69, 9.17) is 14.2 Å². The summed E-state index contributed by atoms with van der Waals surface area (Å²) in [6.45, 7) is 6.25. The van der Waals surface area contributed by atoms with Crippen LogP contribution in [0.3, 0.4) is 0 Å². The van der Waals surface area contributed by atoms with Crippen molar-refractivity contribution in [2.45, 2.75) is 226 Å². The lowest BCUT2D eigenvalue weighted by atomic mass is 10.1. The van der Waals surface area contributed by atoms with Crippen LogP contribution in [-0.4, -0.2) is 37.2 Å². The lowest BCUT2D eigenvalue weighted by Gasteiger charge is -2.18. The second-order valence-electron chi connectivity index (χ2n) is 18.4. The molecule has 1 unspecified atom stereocenters. The molecule has 0 N–H and O–H groups in total. The normalized spacial score (nSPS) is 13.4. The smallest absolute Gasteiger partial charge is 0.306 e. The van der Waals surface area contributed by atoms with E-state index in [1.54, 1.807) is 0 Å². The van der Waals surface area contributed by atoms with Crippen LogP contribution in [0.2, 0.25) is 0 Å². The number of unbranched alkanes of at least 4 members (excludes halogenated alkanes) is 11. The van der Waals surface area contributed by atoms with Crippen LogP contribution in [0.4, 0.5) is 0 Å². The maximum Gasteiger partial charge on any atom is 0.306 e. The van der Waals surface area contributed by atoms with Gasteiger partial charge in [-0.1, -0.05) is 223 Å². The van der Waals surface area contributed by atoms with Crippen molar-refractivity contribution >= 4 is 17.9 Å². The second kappa shape index (κ2) is 60.3. The van der Waals surface area contributed by atoms with Crippen LogP contribution in [0.25, 0.3) is 0 Å². The molecule has 1 atom stereocenters. The van der Waals surface area contributed by atoms with E-state index >= 15 is 0 Å². The van der Waals surface area contributed by atoms with E-state index in [1.165, 1.54) is 12.8 Å². The van der Waals surface area contributed by atoms with E-state index in [1.807, 2.05) is 0 Å². The van der Waals surface area contributed by atoms with Crippen LogP contribution < -0.4 is 0 Å². The number of esters is 3. The zero-order chi connectivity index (χ0) is 53.6. The van der Waals surface area contributed by atoms with Gasteiger partial charge in [-0.3, -0.25) is 14.4 Å². The third-order valence-corrected chi connectivity index (χ3v) is 11.4. The summed E-state index contributed by atoms with van der Waals surface area (Å²) in [6.07, 6.45) is 89.4. The minimum absolute atomic E-state index is 0.116. The standard InChI is InChI=1S/C68H104O6/c1-4-7-10-13-16-19-22-24-25-26-27-28-29-30-31-32-33-34-35-36-37-38-39-40-41-42-43-45-46-49-52-55-58-61-67(70)73-64-65(63-72-66(69)60-57-54-51-48-21-18-15-12-9-6-3)74-68(71)62-59-56-53-50-47-44-23-20-17-14-11-8-5-2/h7-8,10-12,15-17,19-20,24-25,27-28,30-31,33-34,36-37,39-40,42-44,46-47,49,65H,4-6,9,13-14,18,21-23,26,29,32,35,38,41,45,48,50-64H2,1-3H3/b10-7-,11-8-,15-12-,19-16-,20-17-,25-24-,28-27-,31-30-,34-33-,37-36-,40-39-,43-42-,47-44-,49-46-. The van der Waals surface area contributed by atoms with Gasteiger partial charge < -0.3 is 14.2 Å². The van der Waals surface area contributed by atoms with Crippen molar-refractivity contribution in [1.82, 2.24) is 0 Å². The van der Waals surface area contributed by atoms with E-state index in [9.17, 15) is 14.4 Å². The summed E-state index contributed by atoms with van der Waals surface area (Å²) in [7, 11) is 0. The first kappa shape index (κ1) is 68.8. The van der Waals surface area contributed by atoms with Crippen LogP contribution in [-0.2, 0) is 28.6 Å². The van der Waals surface area contributed by atoms with Crippen LogP contribution in [0.5, 0.6) is 0 Å². The average molecular weight is 1020 g/mol. The SMILES string of the molecule is CC/C=C\C/C=C\C/C=C\C/C=C\C/C=C\C/C=C\C/C=C\C/C=C\C/C=C\C/C=C\CCCCC(=O)OCC(COC(=O)CCCCCCC/C=C\CCC)OC(=O)CCCCC/C=C\C/C=C\C/C=C\CC. The Labute approximate surface area is 453 Å². The fourth-order valence-electron chi connectivity index (χ4n) is 7.13. The van der Waals surface area contributed by atoms with Crippen LogP contribution in [0.15, 0.2) is 170 Å². The minimum Gasteiger partial charge on any atom is -0.462 e. The molecule has 0 bridgehead atoms. The number of hydrogen-bond donors (Lipinski definition) is 0. The molecule has 0 saturated carbocycles. The molecule has 6 nitrogen and oxygen atoms in total. The molecule has 0 aliphatic heterocycles. The summed E-state index contributed by atoms with van der Waals surface area (Å²) < 4.78 is 16.7. The lowest BCUT2D eigenvalue weighted by Crippen LogP contribution is -2.30. The van der Waals surface area contributed by atoms with Gasteiger partial charge in [0.05, 0.1) is 0 Å². The van der Waals surface area contributed by atoms with E-state index in [0.717, 1.165) is 154 Å². The van der Waals surface area contributed by atoms with E-state index in [2.05, 4.69) is 191 Å². The Hall–Kier alpha value is -5.23. The van der Waals surface area contributed by atoms with Gasteiger partial charge in [0.25, 0.3) is 0 Å². The third-order valence-electron chi connectivity index (χ3n) is 11.4. The van der Waals surface area contributed by atoms with Gasteiger partial charge in [0.15, 0.2) is 6.10 Å². The van der Waals surface area contributed by atoms with Crippen molar-refractivity contribution in [2.75, 3.05) is 13.2 Å². The molecule has 0 aromatic carbocycles. The molecule has 0 spiro atoms. The first-order valence-corrected chi connectivity index (χ1v) is 29.1. The molecule has 74 heavy (non-hydrogen) atoms. The molecule has 0 saturated heterocycles. The highest BCUT2D eigenvalue weighted by atomic mass is 16.6. The molecule has 0 heterocycles. The molecule has 0 aliphatic carbocycles. The van der Waals surface area contributed by atoms with Gasteiger partial charge >= 0.3 is 17.9 Å². The quantitative estimate of drug-likeness (QED) is 0.0261. The Kier molecular flexibility index (Phi) is 56.1. The molecule has 0 radical (unpaired) electrons. The van der Waals surface area contributed by atoms with Crippen molar-refractivity contribution in [1.29, 1.82) is 0 Å². The van der Waals surface area contributed by atoms with Crippen LogP contribution in [0, 0.1) is 0 Å². The number of hydrogen-bond acceptors (Lipinski definition) is 6. The van der Waals surface area contributed by atoms with Gasteiger partial charge in [-0.15, -0.1) is 0 Å². The highest BCUT2D eigenvalue weighted by Crippen LogP contribution is 2.12. The molecule has 0 fully saturated rings. The fraction of sp³-hybridized carbons (Fsp3) is 0.544. The predicted molar refractivity (Wildman–Crippen MR) is 320 cm³/mol. The lowest BCUT2D eigenvalue weighted by molar-refractivity contribution is -0.167. The van der Waals surface area contributed by atoms with Gasteiger partial charge in [0.2, 0.25) is 0 Å². The fourth-order valence-corrected chi connectivity index (χ4v) is 7.13. The van der Waals surface area contributed by atoms with Gasteiger partial charge in [0, 0.05) is 19.3 Å². The Morgan fingerprint density at radius 2 is 0.527 bits per heavy atom. The second-order valence-corrected chi connectivity index (χ2v) is 18.4. The van der Waals surface area contributed by atoms with E-state index in [-0.39, 0.29) is 44.0 Å². The monoisotopic (exact) mass is 1020 g/mol. The van der Waals surface area contributed by atoms with Crippen molar-refractivity contribution in [3.8, 4) is 0 Å². The summed E-state index contributed by atoms with van der Waals surface area (Å²) in [5.41, 5.74) is 0. The van der Waals surface area contributed by atoms with Crippen molar-refractivity contribution in [2.24, 2.45) is 0 Å². The van der Waals surface area contributed by atoms with E-state index in [0.29, 0.717) is 19.3 Å². The Morgan fingerprint density at radius 3 is 0.878 bits per heavy atom. The highest BCUT2D eigenvalue weighted by Gasteiger charge is 2.19. The largest absolute Gasteiger partial charge is 0.462 e. The molecule has 0 rings (SSSR count). The zero-order valence-electron chi connectivity index (χ0n) is 47.0. The Bertz CT molecular complexity index is 1740. The summed E-state index contributed by atoms with van der Waals surface area (Å²) in [5, 5.41) is 0. The molecule has 412 valence electrons. The first-order chi connectivity index (χ1) is 36.5. The van der Waals surface area contributed by atoms with Gasteiger partial charge in [-0.2, -0.15) is 0 Å². The molecule has 0 aliphatic rings. The van der Waals surface area contributed by atoms with Gasteiger partial charge in [0.1, 0.15) is 13.2 Å². The number of carbonyl (C=O) groups excluding carboxylic acids is 3. The molecular weight excluding hydrogens is 913 g/mol. The number of rotatable bonds is 50. The molecular formula is C68H104O6. The number of ether oxygens (including phenoxy) is 3. The molecule has 0 aromatic rings. The summed E-state index contributed by atoms with van der Waals surface area (Å²) in [5.74, 6) is -1.01. The average Bonchev–Trinajstić information content (AvgIpc) is 3.40. The minimum atomic E-state index is -0.822. The first-order valence-electron chi connectivity index (χ1n) is 29.1. The molecule has 0 amide bonds. The van der Waals surface area contributed by atoms with E-state index < -0.39 is 6.10 Å². The molecule has 6 heteroatoms. The number of carbonyl (C=O) groups is 3. The predicted octanol–water partition coefficient (Wildman–Crippen LogP) is 19.9.